The Balaban J connectivity index is 3.08. The summed E-state index contributed by atoms with van der Waals surface area (Å²) in [7, 11) is 2.98. The summed E-state index contributed by atoms with van der Waals surface area (Å²) in [6.07, 6.45) is 0. The maximum absolute atomic E-state index is 12.5. The van der Waals surface area contributed by atoms with Crippen LogP contribution in [0.5, 0.6) is 11.5 Å². The first-order valence-electron chi connectivity index (χ1n) is 6.87. The number of fused-ring (bicyclic) bond motifs is 1. The smallest absolute Gasteiger partial charge is 0.352 e. The van der Waals surface area contributed by atoms with E-state index in [1.165, 1.54) is 21.1 Å². The number of ether oxygens (including phenoxy) is 2. The molecule has 1 aromatic carbocycles. The lowest BCUT2D eigenvalue weighted by atomic mass is 10.1. The van der Waals surface area contributed by atoms with Gasteiger partial charge in [-0.15, -0.1) is 0 Å². The third-order valence-electron chi connectivity index (χ3n) is 3.66. The largest absolute Gasteiger partial charge is 0.493 e. The molecule has 6 nitrogen and oxygen atoms in total. The maximum atomic E-state index is 12.5. The highest BCUT2D eigenvalue weighted by molar-refractivity contribution is 5.93. The molecular formula is C16H19NO5. The van der Waals surface area contributed by atoms with Crippen LogP contribution in [0.25, 0.3) is 10.9 Å². The van der Waals surface area contributed by atoms with Gasteiger partial charge in [-0.25, -0.2) is 4.79 Å². The highest BCUT2D eigenvalue weighted by Crippen LogP contribution is 2.33. The summed E-state index contributed by atoms with van der Waals surface area (Å²) in [5.74, 6) is -0.242. The molecule has 0 unspecified atom stereocenters. The normalized spacial score (nSPS) is 11.0. The Labute approximate surface area is 127 Å². The summed E-state index contributed by atoms with van der Waals surface area (Å²) in [5, 5.41) is 9.90. The molecule has 0 spiro atoms. The Bertz CT molecular complexity index is 805. The van der Waals surface area contributed by atoms with Gasteiger partial charge in [0.1, 0.15) is 5.69 Å². The summed E-state index contributed by atoms with van der Waals surface area (Å²) in [6.45, 7) is 5.26. The van der Waals surface area contributed by atoms with E-state index in [1.807, 2.05) is 13.8 Å². The quantitative estimate of drug-likeness (QED) is 0.939. The number of carbonyl (C=O) groups is 1. The molecule has 0 amide bonds. The topological polar surface area (TPSA) is 77.8 Å². The van der Waals surface area contributed by atoms with Crippen LogP contribution in [0.4, 0.5) is 0 Å². The minimum Gasteiger partial charge on any atom is -0.493 e. The van der Waals surface area contributed by atoms with Gasteiger partial charge < -0.3 is 19.1 Å². The van der Waals surface area contributed by atoms with E-state index >= 15 is 0 Å². The van der Waals surface area contributed by atoms with Crippen molar-refractivity contribution in [2.45, 2.75) is 26.8 Å². The van der Waals surface area contributed by atoms with Crippen LogP contribution in [-0.4, -0.2) is 29.9 Å². The molecule has 0 saturated heterocycles. The van der Waals surface area contributed by atoms with Gasteiger partial charge in [-0.2, -0.15) is 0 Å². The standard InChI is InChI=1S/C16H19NO5/c1-8(2)17-11-7-13(22-5)12(21-4)6-10(11)15(18)9(3)14(17)16(19)20/h6-8H,1-5H3,(H,19,20). The van der Waals surface area contributed by atoms with E-state index in [9.17, 15) is 14.7 Å². The average Bonchev–Trinajstić information content (AvgIpc) is 2.48. The molecule has 0 aliphatic heterocycles. The highest BCUT2D eigenvalue weighted by atomic mass is 16.5. The molecule has 2 rings (SSSR count). The first kappa shape index (κ1) is 15.9. The van der Waals surface area contributed by atoms with Crippen molar-refractivity contribution in [3.63, 3.8) is 0 Å². The van der Waals surface area contributed by atoms with Crippen molar-refractivity contribution in [3.05, 3.63) is 33.6 Å². The van der Waals surface area contributed by atoms with Crippen molar-refractivity contribution < 1.29 is 19.4 Å². The number of hydrogen-bond donors (Lipinski definition) is 1. The van der Waals surface area contributed by atoms with Crippen LogP contribution >= 0.6 is 0 Å². The van der Waals surface area contributed by atoms with E-state index in [2.05, 4.69) is 0 Å². The van der Waals surface area contributed by atoms with Gasteiger partial charge in [0, 0.05) is 23.1 Å². The van der Waals surface area contributed by atoms with Crippen molar-refractivity contribution in [1.82, 2.24) is 4.57 Å². The molecule has 2 aromatic rings. The molecule has 0 fully saturated rings. The Morgan fingerprint density at radius 1 is 1.18 bits per heavy atom. The zero-order valence-corrected chi connectivity index (χ0v) is 13.3. The van der Waals surface area contributed by atoms with Gasteiger partial charge in [-0.1, -0.05) is 0 Å². The van der Waals surface area contributed by atoms with Crippen LogP contribution < -0.4 is 14.9 Å². The molecule has 118 valence electrons. The SMILES string of the molecule is COc1cc2c(=O)c(C)c(C(=O)O)n(C(C)C)c2cc1OC. The van der Waals surface area contributed by atoms with Crippen molar-refractivity contribution >= 4 is 16.9 Å². The van der Waals surface area contributed by atoms with E-state index < -0.39 is 5.97 Å². The second-order valence-electron chi connectivity index (χ2n) is 5.30. The predicted molar refractivity (Wildman–Crippen MR) is 83.4 cm³/mol. The van der Waals surface area contributed by atoms with Crippen LogP contribution in [-0.2, 0) is 0 Å². The van der Waals surface area contributed by atoms with Crippen molar-refractivity contribution in [3.8, 4) is 11.5 Å². The molecule has 1 heterocycles. The van der Waals surface area contributed by atoms with Gasteiger partial charge in [-0.3, -0.25) is 4.79 Å². The fraction of sp³-hybridized carbons (Fsp3) is 0.375. The van der Waals surface area contributed by atoms with E-state index in [0.29, 0.717) is 22.4 Å². The molecular weight excluding hydrogens is 286 g/mol. The number of pyridine rings is 1. The maximum Gasteiger partial charge on any atom is 0.352 e. The zero-order chi connectivity index (χ0) is 16.6. The molecule has 0 radical (unpaired) electrons. The fourth-order valence-corrected chi connectivity index (χ4v) is 2.66. The summed E-state index contributed by atoms with van der Waals surface area (Å²) >= 11 is 0. The lowest BCUT2D eigenvalue weighted by Crippen LogP contribution is -2.23. The van der Waals surface area contributed by atoms with Crippen molar-refractivity contribution in [2.24, 2.45) is 0 Å². The first-order chi connectivity index (χ1) is 10.3. The second-order valence-corrected chi connectivity index (χ2v) is 5.30. The number of carboxylic acid groups (broad SMARTS) is 1. The molecule has 0 saturated carbocycles. The number of methoxy groups -OCH3 is 2. The average molecular weight is 305 g/mol. The van der Waals surface area contributed by atoms with Gasteiger partial charge >= 0.3 is 5.97 Å². The monoisotopic (exact) mass is 305 g/mol. The Kier molecular flexibility index (Phi) is 4.12. The number of aromatic nitrogens is 1. The minimum absolute atomic E-state index is 0.000259. The lowest BCUT2D eigenvalue weighted by Gasteiger charge is -2.21. The van der Waals surface area contributed by atoms with E-state index in [4.69, 9.17) is 9.47 Å². The molecule has 1 aromatic heterocycles. The Morgan fingerprint density at radius 3 is 2.18 bits per heavy atom. The van der Waals surface area contributed by atoms with Gasteiger partial charge in [0.2, 0.25) is 0 Å². The number of aromatic carboxylic acids is 1. The molecule has 0 bridgehead atoms. The summed E-state index contributed by atoms with van der Waals surface area (Å²) < 4.78 is 12.1. The number of rotatable bonds is 4. The zero-order valence-electron chi connectivity index (χ0n) is 13.3. The molecule has 0 aliphatic rings. The molecule has 1 N–H and O–H groups in total. The second kappa shape index (κ2) is 5.71. The molecule has 0 aliphatic carbocycles. The molecule has 22 heavy (non-hydrogen) atoms. The number of nitrogens with zero attached hydrogens (tertiary/aromatic N) is 1. The van der Waals surface area contributed by atoms with Crippen LogP contribution in [0.15, 0.2) is 16.9 Å². The third kappa shape index (κ3) is 2.30. The van der Waals surface area contributed by atoms with E-state index in [-0.39, 0.29) is 22.7 Å². The van der Waals surface area contributed by atoms with Gasteiger partial charge in [0.15, 0.2) is 16.9 Å². The van der Waals surface area contributed by atoms with Crippen LogP contribution in [0.1, 0.15) is 35.9 Å². The van der Waals surface area contributed by atoms with Crippen molar-refractivity contribution in [1.29, 1.82) is 0 Å². The third-order valence-corrected chi connectivity index (χ3v) is 3.66. The van der Waals surface area contributed by atoms with Crippen molar-refractivity contribution in [2.75, 3.05) is 14.2 Å². The van der Waals surface area contributed by atoms with E-state index in [0.717, 1.165) is 0 Å². The van der Waals surface area contributed by atoms with Gasteiger partial charge in [0.05, 0.1) is 19.7 Å². The molecule has 0 atom stereocenters. The minimum atomic E-state index is -1.13. The van der Waals surface area contributed by atoms with Crippen LogP contribution in [0.2, 0.25) is 0 Å². The number of carboxylic acids is 1. The Morgan fingerprint density at radius 2 is 1.73 bits per heavy atom. The number of hydrogen-bond acceptors (Lipinski definition) is 4. The van der Waals surface area contributed by atoms with Crippen LogP contribution in [0, 0.1) is 6.92 Å². The van der Waals surface area contributed by atoms with Gasteiger partial charge in [-0.05, 0) is 26.8 Å². The lowest BCUT2D eigenvalue weighted by molar-refractivity contribution is 0.0682. The summed E-state index contributed by atoms with van der Waals surface area (Å²) in [6, 6.07) is 3.10. The van der Waals surface area contributed by atoms with E-state index in [1.54, 1.807) is 16.7 Å². The fourth-order valence-electron chi connectivity index (χ4n) is 2.66. The molecule has 6 heteroatoms. The van der Waals surface area contributed by atoms with Crippen LogP contribution in [0.3, 0.4) is 0 Å². The predicted octanol–water partition coefficient (Wildman–Crippen LogP) is 2.61. The highest BCUT2D eigenvalue weighted by Gasteiger charge is 2.22. The summed E-state index contributed by atoms with van der Waals surface area (Å²) in [5.41, 5.74) is 0.409. The van der Waals surface area contributed by atoms with Gasteiger partial charge in [0.25, 0.3) is 0 Å². The first-order valence-corrected chi connectivity index (χ1v) is 6.87. The Hall–Kier alpha value is -2.50. The number of benzene rings is 1. The summed E-state index contributed by atoms with van der Waals surface area (Å²) in [4.78, 5) is 24.1.